The predicted octanol–water partition coefficient (Wildman–Crippen LogP) is 2.17. The topological polar surface area (TPSA) is 32.3 Å². The molecule has 0 heterocycles. The highest BCUT2D eigenvalue weighted by Crippen LogP contribution is 2.08. The molecule has 13 heavy (non-hydrogen) atoms. The number of aliphatic hydroxyl groups is 1. The van der Waals surface area contributed by atoms with Gasteiger partial charge >= 0.3 is 0 Å². The minimum Gasteiger partial charge on any atom is -0.396 e. The Morgan fingerprint density at radius 1 is 1.23 bits per heavy atom. The van der Waals surface area contributed by atoms with Crippen molar-refractivity contribution in [1.82, 2.24) is 5.32 Å². The third-order valence-electron chi connectivity index (χ3n) is 2.84. The van der Waals surface area contributed by atoms with E-state index >= 15 is 0 Å². The van der Waals surface area contributed by atoms with Gasteiger partial charge in [0, 0.05) is 18.7 Å². The van der Waals surface area contributed by atoms with Crippen LogP contribution >= 0.6 is 0 Å². The molecule has 0 saturated carbocycles. The molecular weight excluding hydrogens is 162 g/mol. The molecule has 0 saturated heterocycles. The monoisotopic (exact) mass is 187 g/mol. The molecule has 0 aromatic rings. The molecule has 2 N–H and O–H groups in total. The highest BCUT2D eigenvalue weighted by atomic mass is 16.2. The summed E-state index contributed by atoms with van der Waals surface area (Å²) >= 11 is 0. The van der Waals surface area contributed by atoms with Crippen LogP contribution in [0.25, 0.3) is 0 Å². The molecule has 0 bridgehead atoms. The average Bonchev–Trinajstić information content (AvgIpc) is 2.13. The second-order valence-electron chi connectivity index (χ2n) is 4.11. The number of hydrogen-bond donors (Lipinski definition) is 2. The van der Waals surface area contributed by atoms with Crippen LogP contribution in [0.1, 0.15) is 47.0 Å². The Morgan fingerprint density at radius 3 is 2.31 bits per heavy atom. The fourth-order valence-corrected chi connectivity index (χ4v) is 1.45. The first-order valence-electron chi connectivity index (χ1n) is 5.48. The Hall–Kier alpha value is -0.0800. The summed E-state index contributed by atoms with van der Waals surface area (Å²) in [5.41, 5.74) is 0. The van der Waals surface area contributed by atoms with Crippen molar-refractivity contribution in [3.05, 3.63) is 0 Å². The van der Waals surface area contributed by atoms with Gasteiger partial charge < -0.3 is 10.4 Å². The highest BCUT2D eigenvalue weighted by molar-refractivity contribution is 4.71. The van der Waals surface area contributed by atoms with Gasteiger partial charge in [-0.25, -0.2) is 0 Å². The maximum Gasteiger partial charge on any atom is 0.0431 e. The molecule has 0 aromatic carbocycles. The molecule has 0 aliphatic heterocycles. The minimum atomic E-state index is 0.309. The molecule has 0 aliphatic carbocycles. The average molecular weight is 187 g/mol. The Balaban J connectivity index is 3.57. The van der Waals surface area contributed by atoms with Crippen LogP contribution in [0.4, 0.5) is 0 Å². The lowest BCUT2D eigenvalue weighted by atomic mass is 9.99. The van der Waals surface area contributed by atoms with E-state index in [2.05, 4.69) is 33.0 Å². The molecule has 3 atom stereocenters. The van der Waals surface area contributed by atoms with E-state index in [1.54, 1.807) is 0 Å². The van der Waals surface area contributed by atoms with Crippen molar-refractivity contribution in [1.29, 1.82) is 0 Å². The first-order valence-corrected chi connectivity index (χ1v) is 5.48. The zero-order valence-electron chi connectivity index (χ0n) is 9.51. The van der Waals surface area contributed by atoms with Gasteiger partial charge in [0.2, 0.25) is 0 Å². The Bertz CT molecular complexity index is 117. The van der Waals surface area contributed by atoms with Crippen molar-refractivity contribution < 1.29 is 5.11 Å². The van der Waals surface area contributed by atoms with Gasteiger partial charge in [0.1, 0.15) is 0 Å². The van der Waals surface area contributed by atoms with Crippen LogP contribution in [-0.2, 0) is 0 Å². The maximum absolute atomic E-state index is 8.68. The highest BCUT2D eigenvalue weighted by Gasteiger charge is 2.12. The number of aliphatic hydroxyl groups excluding tert-OH is 1. The van der Waals surface area contributed by atoms with Crippen LogP contribution in [0, 0.1) is 5.92 Å². The van der Waals surface area contributed by atoms with Crippen molar-refractivity contribution in [2.24, 2.45) is 5.92 Å². The first-order chi connectivity index (χ1) is 6.11. The van der Waals surface area contributed by atoms with E-state index in [9.17, 15) is 0 Å². The van der Waals surface area contributed by atoms with E-state index in [4.69, 9.17) is 5.11 Å². The molecule has 80 valence electrons. The van der Waals surface area contributed by atoms with Crippen LogP contribution in [0.2, 0.25) is 0 Å². The largest absolute Gasteiger partial charge is 0.396 e. The molecular formula is C11H25NO. The standard InChI is InChI=1S/C11H25NO/c1-5-9(2)11(4)12-10(3)7-6-8-13/h9-13H,5-8H2,1-4H3/t9-,10-,11-/m0/s1. The van der Waals surface area contributed by atoms with Gasteiger partial charge in [-0.1, -0.05) is 20.3 Å². The number of nitrogens with one attached hydrogen (secondary N) is 1. The fourth-order valence-electron chi connectivity index (χ4n) is 1.45. The summed E-state index contributed by atoms with van der Waals surface area (Å²) in [5, 5.41) is 12.2. The van der Waals surface area contributed by atoms with Crippen molar-refractivity contribution in [3.8, 4) is 0 Å². The molecule has 0 aromatic heterocycles. The second kappa shape index (κ2) is 7.34. The maximum atomic E-state index is 8.68. The van der Waals surface area contributed by atoms with E-state index in [0.29, 0.717) is 18.7 Å². The van der Waals surface area contributed by atoms with Gasteiger partial charge in [0.05, 0.1) is 0 Å². The zero-order chi connectivity index (χ0) is 10.3. The summed E-state index contributed by atoms with van der Waals surface area (Å²) < 4.78 is 0. The van der Waals surface area contributed by atoms with Gasteiger partial charge in [-0.15, -0.1) is 0 Å². The lowest BCUT2D eigenvalue weighted by molar-refractivity contribution is 0.268. The lowest BCUT2D eigenvalue weighted by Gasteiger charge is -2.24. The third kappa shape index (κ3) is 6.05. The quantitative estimate of drug-likeness (QED) is 0.640. The Morgan fingerprint density at radius 2 is 1.85 bits per heavy atom. The third-order valence-corrected chi connectivity index (χ3v) is 2.84. The molecule has 0 fully saturated rings. The summed E-state index contributed by atoms with van der Waals surface area (Å²) in [4.78, 5) is 0. The summed E-state index contributed by atoms with van der Waals surface area (Å²) in [6, 6.07) is 1.11. The SMILES string of the molecule is CC[C@H](C)[C@H](C)N[C@@H](C)CCCO. The van der Waals surface area contributed by atoms with E-state index in [1.165, 1.54) is 6.42 Å². The molecule has 0 aliphatic rings. The van der Waals surface area contributed by atoms with Crippen LogP contribution in [0.3, 0.4) is 0 Å². The molecule has 0 amide bonds. The van der Waals surface area contributed by atoms with Crippen molar-refractivity contribution in [3.63, 3.8) is 0 Å². The molecule has 2 nitrogen and oxygen atoms in total. The second-order valence-corrected chi connectivity index (χ2v) is 4.11. The van der Waals surface area contributed by atoms with E-state index in [1.807, 2.05) is 0 Å². The van der Waals surface area contributed by atoms with Crippen molar-refractivity contribution in [2.75, 3.05) is 6.61 Å². The minimum absolute atomic E-state index is 0.309. The van der Waals surface area contributed by atoms with Gasteiger partial charge in [-0.2, -0.15) is 0 Å². The van der Waals surface area contributed by atoms with Gasteiger partial charge in [-0.05, 0) is 32.6 Å². The van der Waals surface area contributed by atoms with Crippen LogP contribution in [0.5, 0.6) is 0 Å². The Labute approximate surface area is 82.7 Å². The van der Waals surface area contributed by atoms with Crippen LogP contribution in [-0.4, -0.2) is 23.8 Å². The lowest BCUT2D eigenvalue weighted by Crippen LogP contribution is -2.38. The molecule has 0 radical (unpaired) electrons. The summed E-state index contributed by atoms with van der Waals surface area (Å²) in [6.07, 6.45) is 3.19. The van der Waals surface area contributed by atoms with Crippen molar-refractivity contribution >= 4 is 0 Å². The van der Waals surface area contributed by atoms with Gasteiger partial charge in [0.15, 0.2) is 0 Å². The normalized spacial score (nSPS) is 18.2. The Kier molecular flexibility index (Phi) is 7.29. The van der Waals surface area contributed by atoms with Crippen LogP contribution < -0.4 is 5.32 Å². The van der Waals surface area contributed by atoms with Crippen LogP contribution in [0.15, 0.2) is 0 Å². The zero-order valence-corrected chi connectivity index (χ0v) is 9.51. The first kappa shape index (κ1) is 12.9. The number of hydrogen-bond acceptors (Lipinski definition) is 2. The summed E-state index contributed by atoms with van der Waals surface area (Å²) in [6.45, 7) is 9.24. The summed E-state index contributed by atoms with van der Waals surface area (Å²) in [7, 11) is 0. The number of rotatable bonds is 7. The van der Waals surface area contributed by atoms with Gasteiger partial charge in [-0.3, -0.25) is 0 Å². The smallest absolute Gasteiger partial charge is 0.0431 e. The van der Waals surface area contributed by atoms with E-state index in [0.717, 1.165) is 18.8 Å². The molecule has 0 unspecified atom stereocenters. The van der Waals surface area contributed by atoms with E-state index in [-0.39, 0.29) is 0 Å². The summed E-state index contributed by atoms with van der Waals surface area (Å²) in [5.74, 6) is 0.733. The molecule has 0 rings (SSSR count). The predicted molar refractivity (Wildman–Crippen MR) is 57.8 cm³/mol. The van der Waals surface area contributed by atoms with Gasteiger partial charge in [0.25, 0.3) is 0 Å². The molecule has 0 spiro atoms. The fraction of sp³-hybridized carbons (Fsp3) is 1.00. The molecule has 2 heteroatoms. The van der Waals surface area contributed by atoms with Crippen molar-refractivity contribution in [2.45, 2.75) is 59.0 Å². The van der Waals surface area contributed by atoms with E-state index < -0.39 is 0 Å².